The minimum absolute atomic E-state index is 0.00545. The van der Waals surface area contributed by atoms with E-state index in [4.69, 9.17) is 0 Å². The summed E-state index contributed by atoms with van der Waals surface area (Å²) in [6.45, 7) is 2.47. The monoisotopic (exact) mass is 406 g/mol. The molecule has 0 saturated carbocycles. The molecule has 1 atom stereocenters. The second-order valence-electron chi connectivity index (χ2n) is 7.17. The Hall–Kier alpha value is -2.97. The number of fused-ring (bicyclic) bond motifs is 1. The van der Waals surface area contributed by atoms with Gasteiger partial charge in [0, 0.05) is 24.2 Å². The molecule has 0 bridgehead atoms. The van der Waals surface area contributed by atoms with Crippen LogP contribution in [0.2, 0.25) is 0 Å². The number of benzene rings is 1. The molecule has 1 saturated heterocycles. The molecule has 1 amide bonds. The van der Waals surface area contributed by atoms with Crippen LogP contribution in [-0.2, 0) is 6.18 Å². The summed E-state index contributed by atoms with van der Waals surface area (Å²) in [7, 11) is 0. The normalized spacial score (nSPS) is 17.7. The maximum atomic E-state index is 13.7. The van der Waals surface area contributed by atoms with Crippen molar-refractivity contribution in [1.29, 1.82) is 0 Å². The fourth-order valence-corrected chi connectivity index (χ4v) is 3.60. The minimum atomic E-state index is -4.71. The number of aromatic nitrogens is 3. The zero-order valence-electron chi connectivity index (χ0n) is 15.6. The number of nitrogens with zero attached hydrogens (tertiary/aromatic N) is 4. The summed E-state index contributed by atoms with van der Waals surface area (Å²) < 4.78 is 54.8. The number of rotatable bonds is 2. The molecule has 3 heterocycles. The lowest BCUT2D eigenvalue weighted by atomic mass is 10.0. The van der Waals surface area contributed by atoms with E-state index < -0.39 is 23.6 Å². The number of alkyl halides is 3. The minimum Gasteiger partial charge on any atom is -0.335 e. The summed E-state index contributed by atoms with van der Waals surface area (Å²) in [4.78, 5) is 18.7. The summed E-state index contributed by atoms with van der Waals surface area (Å²) in [6, 6.07) is 7.13. The van der Waals surface area contributed by atoms with Crippen molar-refractivity contribution in [2.24, 2.45) is 0 Å². The lowest BCUT2D eigenvalue weighted by molar-refractivity contribution is -0.142. The van der Waals surface area contributed by atoms with Gasteiger partial charge in [0.2, 0.25) is 0 Å². The smallest absolute Gasteiger partial charge is 0.335 e. The molecule has 0 aliphatic carbocycles. The Morgan fingerprint density at radius 2 is 1.86 bits per heavy atom. The fourth-order valence-electron chi connectivity index (χ4n) is 3.60. The van der Waals surface area contributed by atoms with Crippen LogP contribution in [0.15, 0.2) is 36.4 Å². The molecule has 3 aromatic rings. The molecular formula is C20H18F4N4O. The SMILES string of the molecule is C[C@@H]1CCCCN1C(=O)c1cc2nc(-c3ccc(F)cc3)cc(C(F)(F)F)n2n1. The molecule has 1 aromatic carbocycles. The summed E-state index contributed by atoms with van der Waals surface area (Å²) >= 11 is 0. The molecule has 0 unspecified atom stereocenters. The van der Waals surface area contributed by atoms with E-state index in [9.17, 15) is 22.4 Å². The van der Waals surface area contributed by atoms with Crippen LogP contribution in [0.4, 0.5) is 17.6 Å². The number of amides is 1. The van der Waals surface area contributed by atoms with Gasteiger partial charge in [-0.25, -0.2) is 13.9 Å². The average Bonchev–Trinajstić information content (AvgIpc) is 3.11. The molecule has 0 radical (unpaired) electrons. The van der Waals surface area contributed by atoms with Gasteiger partial charge in [-0.1, -0.05) is 0 Å². The lowest BCUT2D eigenvalue weighted by Crippen LogP contribution is -2.42. The molecule has 2 aromatic heterocycles. The van der Waals surface area contributed by atoms with Crippen LogP contribution in [0.1, 0.15) is 42.4 Å². The van der Waals surface area contributed by atoms with Crippen molar-refractivity contribution in [3.05, 3.63) is 53.6 Å². The van der Waals surface area contributed by atoms with Crippen molar-refractivity contribution in [3.63, 3.8) is 0 Å². The third kappa shape index (κ3) is 3.68. The van der Waals surface area contributed by atoms with Gasteiger partial charge in [0.25, 0.3) is 5.91 Å². The maximum Gasteiger partial charge on any atom is 0.433 e. The van der Waals surface area contributed by atoms with Crippen molar-refractivity contribution in [1.82, 2.24) is 19.5 Å². The van der Waals surface area contributed by atoms with E-state index >= 15 is 0 Å². The molecule has 0 N–H and O–H groups in total. The Kier molecular flexibility index (Phi) is 4.76. The predicted molar refractivity (Wildman–Crippen MR) is 97.7 cm³/mol. The van der Waals surface area contributed by atoms with E-state index in [0.717, 1.165) is 37.5 Å². The second-order valence-corrected chi connectivity index (χ2v) is 7.17. The van der Waals surface area contributed by atoms with E-state index in [2.05, 4.69) is 10.1 Å². The second kappa shape index (κ2) is 7.13. The molecule has 5 nitrogen and oxygen atoms in total. The number of likely N-dealkylation sites (tertiary alicyclic amines) is 1. The van der Waals surface area contributed by atoms with Crippen LogP contribution in [0.3, 0.4) is 0 Å². The number of hydrogen-bond donors (Lipinski definition) is 0. The summed E-state index contributed by atoms with van der Waals surface area (Å²) in [5, 5.41) is 3.92. The highest BCUT2D eigenvalue weighted by atomic mass is 19.4. The zero-order valence-corrected chi connectivity index (χ0v) is 15.6. The van der Waals surface area contributed by atoms with E-state index in [0.29, 0.717) is 16.6 Å². The highest BCUT2D eigenvalue weighted by molar-refractivity contribution is 5.93. The zero-order chi connectivity index (χ0) is 20.8. The van der Waals surface area contributed by atoms with Crippen molar-refractivity contribution in [2.75, 3.05) is 6.54 Å². The van der Waals surface area contributed by atoms with Gasteiger partial charge in [-0.05, 0) is 56.5 Å². The molecule has 4 rings (SSSR count). The van der Waals surface area contributed by atoms with Gasteiger partial charge in [0.1, 0.15) is 5.82 Å². The first-order valence-electron chi connectivity index (χ1n) is 9.29. The summed E-state index contributed by atoms with van der Waals surface area (Å²) in [5.41, 5.74) is -0.860. The number of carbonyl (C=O) groups excluding carboxylic acids is 1. The average molecular weight is 406 g/mol. The first kappa shape index (κ1) is 19.4. The van der Waals surface area contributed by atoms with Crippen molar-refractivity contribution in [2.45, 2.75) is 38.4 Å². The fraction of sp³-hybridized carbons (Fsp3) is 0.350. The van der Waals surface area contributed by atoms with Crippen LogP contribution in [0.25, 0.3) is 16.9 Å². The Morgan fingerprint density at radius 3 is 2.52 bits per heavy atom. The van der Waals surface area contributed by atoms with Gasteiger partial charge < -0.3 is 4.90 Å². The number of hydrogen-bond acceptors (Lipinski definition) is 3. The van der Waals surface area contributed by atoms with Gasteiger partial charge in [0.05, 0.1) is 5.69 Å². The van der Waals surface area contributed by atoms with Gasteiger partial charge in [-0.2, -0.15) is 18.3 Å². The quantitative estimate of drug-likeness (QED) is 0.586. The number of halogens is 4. The predicted octanol–water partition coefficient (Wildman–Crippen LogP) is 4.57. The molecule has 29 heavy (non-hydrogen) atoms. The lowest BCUT2D eigenvalue weighted by Gasteiger charge is -2.32. The molecule has 1 aliphatic rings. The Labute approximate surface area is 164 Å². The molecule has 1 fully saturated rings. The van der Waals surface area contributed by atoms with Crippen LogP contribution in [0.5, 0.6) is 0 Å². The molecule has 0 spiro atoms. The maximum absolute atomic E-state index is 13.7. The van der Waals surface area contributed by atoms with Crippen LogP contribution in [-0.4, -0.2) is 38.0 Å². The Morgan fingerprint density at radius 1 is 1.14 bits per heavy atom. The largest absolute Gasteiger partial charge is 0.433 e. The molecule has 1 aliphatic heterocycles. The van der Waals surface area contributed by atoms with E-state index in [1.54, 1.807) is 4.90 Å². The molecule has 9 heteroatoms. The topological polar surface area (TPSA) is 50.5 Å². The van der Waals surface area contributed by atoms with Crippen molar-refractivity contribution < 1.29 is 22.4 Å². The van der Waals surface area contributed by atoms with Gasteiger partial charge in [-0.3, -0.25) is 4.79 Å². The third-order valence-electron chi connectivity index (χ3n) is 5.14. The first-order chi connectivity index (χ1) is 13.7. The van der Waals surface area contributed by atoms with Gasteiger partial charge in [-0.15, -0.1) is 0 Å². The third-order valence-corrected chi connectivity index (χ3v) is 5.14. The van der Waals surface area contributed by atoms with Crippen molar-refractivity contribution >= 4 is 11.6 Å². The van der Waals surface area contributed by atoms with Gasteiger partial charge >= 0.3 is 6.18 Å². The van der Waals surface area contributed by atoms with Gasteiger partial charge in [0.15, 0.2) is 17.0 Å². The standard InChI is InChI=1S/C20H18F4N4O/c1-12-4-2-3-9-27(12)19(29)16-11-18-25-15(13-5-7-14(21)8-6-13)10-17(20(22,23)24)28(18)26-16/h5-8,10-12H,2-4,9H2,1H3/t12-/m1/s1. The molecular weight excluding hydrogens is 388 g/mol. The Bertz CT molecular complexity index is 1060. The summed E-state index contributed by atoms with van der Waals surface area (Å²) in [6.07, 6.45) is -2.00. The highest BCUT2D eigenvalue weighted by Gasteiger charge is 2.36. The molecule has 152 valence electrons. The summed E-state index contributed by atoms with van der Waals surface area (Å²) in [5.74, 6) is -0.905. The number of carbonyl (C=O) groups is 1. The Balaban J connectivity index is 1.82. The highest BCUT2D eigenvalue weighted by Crippen LogP contribution is 2.32. The first-order valence-corrected chi connectivity index (χ1v) is 9.29. The van der Waals surface area contributed by atoms with Crippen LogP contribution < -0.4 is 0 Å². The van der Waals surface area contributed by atoms with Crippen LogP contribution in [0, 0.1) is 5.82 Å². The van der Waals surface area contributed by atoms with Crippen molar-refractivity contribution in [3.8, 4) is 11.3 Å². The van der Waals surface area contributed by atoms with Crippen LogP contribution >= 0.6 is 0 Å². The van der Waals surface area contributed by atoms with E-state index in [-0.39, 0.29) is 23.1 Å². The van der Waals surface area contributed by atoms with E-state index in [1.807, 2.05) is 6.92 Å². The number of piperidine rings is 1. The van der Waals surface area contributed by atoms with E-state index in [1.165, 1.54) is 18.2 Å².